The van der Waals surface area contributed by atoms with E-state index in [-0.39, 0.29) is 27.5 Å². The fourth-order valence-electron chi connectivity index (χ4n) is 5.48. The number of fused-ring (bicyclic) bond motifs is 1. The highest BCUT2D eigenvalue weighted by molar-refractivity contribution is 7.86. The van der Waals surface area contributed by atoms with Gasteiger partial charge >= 0.3 is 16.3 Å². The van der Waals surface area contributed by atoms with Crippen molar-refractivity contribution in [1.29, 1.82) is 0 Å². The molecule has 48 heavy (non-hydrogen) atoms. The first-order chi connectivity index (χ1) is 22.5. The molecule has 1 saturated carbocycles. The van der Waals surface area contributed by atoms with E-state index >= 15 is 0 Å². The maximum Gasteiger partial charge on any atom is 0.417 e. The number of alkyl halides is 3. The molecule has 250 valence electrons. The number of halogens is 4. The number of anilines is 4. The molecule has 2 aliphatic rings. The molecule has 1 aliphatic carbocycles. The van der Waals surface area contributed by atoms with Gasteiger partial charge in [-0.25, -0.2) is 4.18 Å². The van der Waals surface area contributed by atoms with E-state index in [0.717, 1.165) is 17.7 Å². The highest BCUT2D eigenvalue weighted by Crippen LogP contribution is 2.59. The van der Waals surface area contributed by atoms with Gasteiger partial charge in [0, 0.05) is 21.8 Å². The molecule has 4 aromatic rings. The lowest BCUT2D eigenvalue weighted by atomic mass is 10.0. The zero-order valence-electron chi connectivity index (χ0n) is 25.9. The second-order valence-corrected chi connectivity index (χ2v) is 14.1. The first kappa shape index (κ1) is 33.3. The number of hydrogen-bond donors (Lipinski definition) is 4. The Morgan fingerprint density at radius 1 is 0.875 bits per heavy atom. The summed E-state index contributed by atoms with van der Waals surface area (Å²) in [5.74, 6) is -3.49. The molecule has 1 aliphatic heterocycles. The molecular formula is C34H30ClF3N4O5S. The number of amides is 2. The van der Waals surface area contributed by atoms with Gasteiger partial charge in [0.05, 0.1) is 33.0 Å². The summed E-state index contributed by atoms with van der Waals surface area (Å²) in [5.41, 5.74) is -0.452. The molecule has 0 saturated heterocycles. The zero-order valence-corrected chi connectivity index (χ0v) is 27.5. The Balaban J connectivity index is 1.42. The standard InChI is InChI=1S/C34H30ClF3N4O5S/c1-19-11-13-22(14-12-19)48(45,46)47-34(32(3)15-16-32)41-28-18-21(39-30(43)23-7-4-5-8-25(23)33(36,37)38)17-24(29(28)42-34)31(44)40-27-10-6-9-26(35)20(27)2/h4-14,17-18,41-42H,15-16H2,1-3H3,(H,39,43)(H,40,44). The second kappa shape index (κ2) is 11.8. The van der Waals surface area contributed by atoms with Crippen LogP contribution in [-0.4, -0.2) is 26.1 Å². The molecule has 0 spiro atoms. The molecule has 6 rings (SSSR count). The lowest BCUT2D eigenvalue weighted by Crippen LogP contribution is -2.53. The molecule has 1 heterocycles. The monoisotopic (exact) mass is 698 g/mol. The zero-order chi connectivity index (χ0) is 34.6. The average Bonchev–Trinajstić information content (AvgIpc) is 3.68. The van der Waals surface area contributed by atoms with E-state index in [0.29, 0.717) is 29.1 Å². The lowest BCUT2D eigenvalue weighted by molar-refractivity contribution is -0.137. The molecule has 1 unspecified atom stereocenters. The highest BCUT2D eigenvalue weighted by atomic mass is 35.5. The summed E-state index contributed by atoms with van der Waals surface area (Å²) in [4.78, 5) is 27.1. The van der Waals surface area contributed by atoms with Crippen molar-refractivity contribution in [3.8, 4) is 0 Å². The number of carbonyl (C=O) groups is 2. The Morgan fingerprint density at radius 2 is 1.54 bits per heavy atom. The van der Waals surface area contributed by atoms with Crippen LogP contribution in [0.5, 0.6) is 0 Å². The van der Waals surface area contributed by atoms with Crippen molar-refractivity contribution in [2.24, 2.45) is 5.41 Å². The van der Waals surface area contributed by atoms with Crippen LogP contribution in [0.15, 0.2) is 83.8 Å². The van der Waals surface area contributed by atoms with Crippen LogP contribution >= 0.6 is 11.6 Å². The first-order valence-corrected chi connectivity index (χ1v) is 16.6. The number of carbonyl (C=O) groups excluding carboxylic acids is 2. The van der Waals surface area contributed by atoms with Crippen molar-refractivity contribution in [3.63, 3.8) is 0 Å². The van der Waals surface area contributed by atoms with Crippen molar-refractivity contribution < 1.29 is 35.4 Å². The van der Waals surface area contributed by atoms with Crippen molar-refractivity contribution >= 4 is 56.3 Å². The molecule has 2 amide bonds. The van der Waals surface area contributed by atoms with Crippen molar-refractivity contribution in [1.82, 2.24) is 0 Å². The largest absolute Gasteiger partial charge is 0.417 e. The summed E-state index contributed by atoms with van der Waals surface area (Å²) in [5, 5.41) is 11.9. The smallest absolute Gasteiger partial charge is 0.337 e. The van der Waals surface area contributed by atoms with Gasteiger partial charge in [-0.1, -0.05) is 54.4 Å². The van der Waals surface area contributed by atoms with Crippen molar-refractivity contribution in [2.75, 3.05) is 21.3 Å². The molecular weight excluding hydrogens is 669 g/mol. The summed E-state index contributed by atoms with van der Waals surface area (Å²) in [6.45, 7) is 5.34. The van der Waals surface area contributed by atoms with Crippen LogP contribution in [0.25, 0.3) is 0 Å². The van der Waals surface area contributed by atoms with E-state index in [1.165, 1.54) is 36.4 Å². The minimum Gasteiger partial charge on any atom is -0.337 e. The topological polar surface area (TPSA) is 126 Å². The van der Waals surface area contributed by atoms with E-state index in [1.54, 1.807) is 37.3 Å². The van der Waals surface area contributed by atoms with Gasteiger partial charge in [-0.3, -0.25) is 9.59 Å². The van der Waals surface area contributed by atoms with Gasteiger partial charge in [-0.05, 0) is 80.8 Å². The maximum absolute atomic E-state index is 13.9. The molecule has 0 bridgehead atoms. The minimum absolute atomic E-state index is 0.0314. The average molecular weight is 699 g/mol. The van der Waals surface area contributed by atoms with Gasteiger partial charge in [0.2, 0.25) is 5.85 Å². The van der Waals surface area contributed by atoms with E-state index in [1.807, 2.05) is 13.8 Å². The number of benzene rings is 4. The van der Waals surface area contributed by atoms with Gasteiger partial charge in [0.25, 0.3) is 11.8 Å². The van der Waals surface area contributed by atoms with Gasteiger partial charge in [-0.15, -0.1) is 0 Å². The van der Waals surface area contributed by atoms with Gasteiger partial charge in [0.15, 0.2) is 0 Å². The van der Waals surface area contributed by atoms with Crippen LogP contribution in [0, 0.1) is 19.3 Å². The summed E-state index contributed by atoms with van der Waals surface area (Å²) in [7, 11) is -4.37. The summed E-state index contributed by atoms with van der Waals surface area (Å²) >= 11 is 6.26. The van der Waals surface area contributed by atoms with Crippen LogP contribution in [0.4, 0.5) is 35.9 Å². The summed E-state index contributed by atoms with van der Waals surface area (Å²) in [6.07, 6.45) is -3.67. The summed E-state index contributed by atoms with van der Waals surface area (Å²) < 4.78 is 74.3. The van der Waals surface area contributed by atoms with Crippen LogP contribution in [0.3, 0.4) is 0 Å². The van der Waals surface area contributed by atoms with E-state index < -0.39 is 50.5 Å². The Kier molecular flexibility index (Phi) is 8.21. The Morgan fingerprint density at radius 3 is 2.21 bits per heavy atom. The maximum atomic E-state index is 13.9. The van der Waals surface area contributed by atoms with Gasteiger partial charge in [0.1, 0.15) is 0 Å². The first-order valence-electron chi connectivity index (χ1n) is 14.8. The molecule has 1 fully saturated rings. The number of nitrogens with one attached hydrogen (secondary N) is 4. The SMILES string of the molecule is Cc1ccc(S(=O)(=O)OC2(C3(C)CC3)Nc3cc(NC(=O)c4ccccc4C(F)(F)F)cc(C(=O)Nc4cccc(Cl)c4C)c3N2)cc1. The lowest BCUT2D eigenvalue weighted by Gasteiger charge is -2.35. The van der Waals surface area contributed by atoms with Crippen LogP contribution < -0.4 is 21.3 Å². The minimum atomic E-state index is -4.79. The number of aryl methyl sites for hydroxylation is 1. The van der Waals surface area contributed by atoms with Crippen LogP contribution in [0.1, 0.15) is 57.2 Å². The van der Waals surface area contributed by atoms with Crippen molar-refractivity contribution in [2.45, 2.75) is 50.5 Å². The fourth-order valence-corrected chi connectivity index (χ4v) is 6.84. The molecule has 4 aromatic carbocycles. The van der Waals surface area contributed by atoms with E-state index in [2.05, 4.69) is 21.3 Å². The fraction of sp³-hybridized carbons (Fsp3) is 0.235. The Bertz CT molecular complexity index is 2070. The van der Waals surface area contributed by atoms with E-state index in [4.69, 9.17) is 15.8 Å². The Labute approximate surface area is 280 Å². The number of rotatable bonds is 8. The summed E-state index contributed by atoms with van der Waals surface area (Å²) in [6, 6.07) is 18.1. The van der Waals surface area contributed by atoms with Crippen molar-refractivity contribution in [3.05, 3.63) is 112 Å². The molecule has 1 atom stereocenters. The predicted octanol–water partition coefficient (Wildman–Crippen LogP) is 8.18. The highest BCUT2D eigenvalue weighted by Gasteiger charge is 2.62. The molecule has 14 heteroatoms. The molecule has 0 radical (unpaired) electrons. The van der Waals surface area contributed by atoms with Gasteiger partial charge in [-0.2, -0.15) is 21.6 Å². The second-order valence-electron chi connectivity index (χ2n) is 12.2. The van der Waals surface area contributed by atoms with Gasteiger partial charge < -0.3 is 21.3 Å². The third-order valence-corrected chi connectivity index (χ3v) is 10.4. The molecule has 0 aromatic heterocycles. The molecule has 4 N–H and O–H groups in total. The Hall–Kier alpha value is -4.59. The van der Waals surface area contributed by atoms with Crippen LogP contribution in [-0.2, 0) is 20.5 Å². The van der Waals surface area contributed by atoms with Crippen LogP contribution in [0.2, 0.25) is 5.02 Å². The normalized spacial score (nSPS) is 17.9. The predicted molar refractivity (Wildman–Crippen MR) is 177 cm³/mol. The van der Waals surface area contributed by atoms with E-state index in [9.17, 15) is 31.2 Å². The molecule has 9 nitrogen and oxygen atoms in total. The number of hydrogen-bond acceptors (Lipinski definition) is 7. The third-order valence-electron chi connectivity index (χ3n) is 8.64. The quantitative estimate of drug-likeness (QED) is 0.137. The third kappa shape index (κ3) is 6.20.